The molecule has 0 bridgehead atoms. The summed E-state index contributed by atoms with van der Waals surface area (Å²) in [5, 5.41) is 2.81. The van der Waals surface area contributed by atoms with Crippen LogP contribution in [0.25, 0.3) is 0 Å². The topological polar surface area (TPSA) is 58.1 Å². The number of aryl methyl sites for hydroxylation is 1. The van der Waals surface area contributed by atoms with Crippen molar-refractivity contribution in [2.75, 3.05) is 18.0 Å². The van der Waals surface area contributed by atoms with Gasteiger partial charge in [0.15, 0.2) is 0 Å². The average Bonchev–Trinajstić information content (AvgIpc) is 2.74. The lowest BCUT2D eigenvalue weighted by Gasteiger charge is -2.29. The van der Waals surface area contributed by atoms with Crippen LogP contribution in [0, 0.1) is 5.82 Å². The summed E-state index contributed by atoms with van der Waals surface area (Å²) < 4.78 is 13.7. The number of hydrogen-bond acceptors (Lipinski definition) is 4. The molecule has 1 aliphatic heterocycles. The lowest BCUT2D eigenvalue weighted by molar-refractivity contribution is 0.0949. The van der Waals surface area contributed by atoms with Gasteiger partial charge < -0.3 is 10.2 Å². The standard InChI is InChI=1S/C22H21FN4O/c23-18-9-3-1-6-16(18)11-13-24-21(28)19-12-14-25-22(26-19)27-15-5-8-17-7-2-4-10-20(17)27/h1-4,6-7,9-10,12,14H,5,8,11,13,15H2,(H,24,28). The van der Waals surface area contributed by atoms with Gasteiger partial charge in [0.1, 0.15) is 11.5 Å². The molecule has 0 unspecified atom stereocenters. The largest absolute Gasteiger partial charge is 0.350 e. The second-order valence-electron chi connectivity index (χ2n) is 6.72. The van der Waals surface area contributed by atoms with Crippen LogP contribution in [0.3, 0.4) is 0 Å². The summed E-state index contributed by atoms with van der Waals surface area (Å²) in [5.74, 6) is -0.0241. The Bertz CT molecular complexity index is 992. The molecule has 1 amide bonds. The summed E-state index contributed by atoms with van der Waals surface area (Å²) in [6.45, 7) is 1.15. The van der Waals surface area contributed by atoms with Crippen LogP contribution in [0.1, 0.15) is 28.0 Å². The van der Waals surface area contributed by atoms with Crippen LogP contribution in [0.2, 0.25) is 0 Å². The molecule has 2 heterocycles. The van der Waals surface area contributed by atoms with Gasteiger partial charge in [-0.3, -0.25) is 4.79 Å². The molecule has 2 aromatic carbocycles. The minimum absolute atomic E-state index is 0.259. The number of aromatic nitrogens is 2. The van der Waals surface area contributed by atoms with Gasteiger partial charge in [-0.15, -0.1) is 0 Å². The van der Waals surface area contributed by atoms with Crippen LogP contribution < -0.4 is 10.2 Å². The molecule has 6 heteroatoms. The van der Waals surface area contributed by atoms with Crippen molar-refractivity contribution >= 4 is 17.5 Å². The number of benzene rings is 2. The van der Waals surface area contributed by atoms with Gasteiger partial charge in [0, 0.05) is 25.0 Å². The summed E-state index contributed by atoms with van der Waals surface area (Å²) in [4.78, 5) is 23.4. The number of anilines is 2. The Morgan fingerprint density at radius 2 is 1.93 bits per heavy atom. The molecular weight excluding hydrogens is 355 g/mol. The van der Waals surface area contributed by atoms with Gasteiger partial charge in [-0.05, 0) is 48.6 Å². The fraction of sp³-hybridized carbons (Fsp3) is 0.227. The van der Waals surface area contributed by atoms with E-state index >= 15 is 0 Å². The van der Waals surface area contributed by atoms with Crippen molar-refractivity contribution < 1.29 is 9.18 Å². The minimum atomic E-state index is -0.287. The maximum absolute atomic E-state index is 13.7. The average molecular weight is 376 g/mol. The first kappa shape index (κ1) is 18.1. The molecule has 0 atom stereocenters. The van der Waals surface area contributed by atoms with E-state index in [9.17, 15) is 9.18 Å². The minimum Gasteiger partial charge on any atom is -0.350 e. The Morgan fingerprint density at radius 3 is 2.82 bits per heavy atom. The predicted molar refractivity (Wildman–Crippen MR) is 106 cm³/mol. The van der Waals surface area contributed by atoms with Crippen molar-refractivity contribution in [2.45, 2.75) is 19.3 Å². The summed E-state index contributed by atoms with van der Waals surface area (Å²) in [7, 11) is 0. The van der Waals surface area contributed by atoms with E-state index in [4.69, 9.17) is 0 Å². The molecule has 0 radical (unpaired) electrons. The highest BCUT2D eigenvalue weighted by Crippen LogP contribution is 2.31. The van der Waals surface area contributed by atoms with Crippen molar-refractivity contribution in [2.24, 2.45) is 0 Å². The maximum atomic E-state index is 13.7. The monoisotopic (exact) mass is 376 g/mol. The Kier molecular flexibility index (Phi) is 5.28. The quantitative estimate of drug-likeness (QED) is 0.738. The number of fused-ring (bicyclic) bond motifs is 1. The first-order valence-electron chi connectivity index (χ1n) is 9.42. The second kappa shape index (κ2) is 8.17. The lowest BCUT2D eigenvalue weighted by atomic mass is 10.0. The third-order valence-corrected chi connectivity index (χ3v) is 4.86. The van der Waals surface area contributed by atoms with E-state index in [1.54, 1.807) is 30.5 Å². The van der Waals surface area contributed by atoms with Crippen molar-refractivity contribution in [3.8, 4) is 0 Å². The number of nitrogens with zero attached hydrogens (tertiary/aromatic N) is 3. The molecule has 1 N–H and O–H groups in total. The fourth-order valence-electron chi connectivity index (χ4n) is 3.45. The van der Waals surface area contributed by atoms with Crippen molar-refractivity contribution in [3.05, 3.63) is 83.4 Å². The van der Waals surface area contributed by atoms with Gasteiger partial charge >= 0.3 is 0 Å². The Labute approximate surface area is 163 Å². The molecule has 0 spiro atoms. The fourth-order valence-corrected chi connectivity index (χ4v) is 3.45. The molecule has 0 saturated carbocycles. The van der Waals surface area contributed by atoms with E-state index in [1.165, 1.54) is 11.6 Å². The van der Waals surface area contributed by atoms with Gasteiger partial charge in [0.05, 0.1) is 0 Å². The Balaban J connectivity index is 1.45. The van der Waals surface area contributed by atoms with Crippen LogP contribution in [0.15, 0.2) is 60.8 Å². The highest BCUT2D eigenvalue weighted by atomic mass is 19.1. The SMILES string of the molecule is O=C(NCCc1ccccc1F)c1ccnc(N2CCCc3ccccc32)n1. The Morgan fingerprint density at radius 1 is 1.11 bits per heavy atom. The van der Waals surface area contributed by atoms with Crippen LogP contribution in [-0.4, -0.2) is 29.0 Å². The lowest BCUT2D eigenvalue weighted by Crippen LogP contribution is -2.29. The van der Waals surface area contributed by atoms with Gasteiger partial charge in [0.25, 0.3) is 5.91 Å². The van der Waals surface area contributed by atoms with Crippen molar-refractivity contribution in [1.82, 2.24) is 15.3 Å². The molecule has 5 nitrogen and oxygen atoms in total. The number of carbonyl (C=O) groups excluding carboxylic acids is 1. The number of nitrogens with one attached hydrogen (secondary N) is 1. The van der Waals surface area contributed by atoms with E-state index in [2.05, 4.69) is 32.3 Å². The number of carbonyl (C=O) groups is 1. The highest BCUT2D eigenvalue weighted by molar-refractivity contribution is 5.92. The van der Waals surface area contributed by atoms with Gasteiger partial charge in [-0.25, -0.2) is 14.4 Å². The number of rotatable bonds is 5. The highest BCUT2D eigenvalue weighted by Gasteiger charge is 2.20. The molecule has 4 rings (SSSR count). The number of amides is 1. The summed E-state index contributed by atoms with van der Waals surface area (Å²) in [5.41, 5.74) is 3.24. The molecule has 142 valence electrons. The second-order valence-corrected chi connectivity index (χ2v) is 6.72. The zero-order chi connectivity index (χ0) is 19.3. The smallest absolute Gasteiger partial charge is 0.270 e. The summed E-state index contributed by atoms with van der Waals surface area (Å²) >= 11 is 0. The number of hydrogen-bond donors (Lipinski definition) is 1. The van der Waals surface area contributed by atoms with Crippen molar-refractivity contribution in [3.63, 3.8) is 0 Å². The molecule has 28 heavy (non-hydrogen) atoms. The third-order valence-electron chi connectivity index (χ3n) is 4.86. The zero-order valence-corrected chi connectivity index (χ0v) is 15.4. The van der Waals surface area contributed by atoms with Gasteiger partial charge in [-0.2, -0.15) is 0 Å². The van der Waals surface area contributed by atoms with E-state index in [0.717, 1.165) is 25.1 Å². The van der Waals surface area contributed by atoms with Gasteiger partial charge in [0.2, 0.25) is 5.95 Å². The van der Waals surface area contributed by atoms with E-state index in [0.29, 0.717) is 30.2 Å². The van der Waals surface area contributed by atoms with Crippen LogP contribution in [-0.2, 0) is 12.8 Å². The maximum Gasteiger partial charge on any atom is 0.270 e. The van der Waals surface area contributed by atoms with Gasteiger partial charge in [-0.1, -0.05) is 36.4 Å². The molecule has 0 fully saturated rings. The molecule has 1 aliphatic rings. The first-order chi connectivity index (χ1) is 13.7. The van der Waals surface area contributed by atoms with Crippen molar-refractivity contribution in [1.29, 1.82) is 0 Å². The van der Waals surface area contributed by atoms with E-state index in [-0.39, 0.29) is 11.7 Å². The molecule has 1 aromatic heterocycles. The molecular formula is C22H21FN4O. The van der Waals surface area contributed by atoms with Crippen LogP contribution in [0.5, 0.6) is 0 Å². The molecule has 0 aliphatic carbocycles. The third kappa shape index (κ3) is 3.86. The number of halogens is 1. The molecule has 0 saturated heterocycles. The summed E-state index contributed by atoms with van der Waals surface area (Å²) in [6.07, 6.45) is 4.07. The normalized spacial score (nSPS) is 13.1. The zero-order valence-electron chi connectivity index (χ0n) is 15.4. The van der Waals surface area contributed by atoms with E-state index < -0.39 is 0 Å². The summed E-state index contributed by atoms with van der Waals surface area (Å²) in [6, 6.07) is 16.4. The van der Waals surface area contributed by atoms with Crippen LogP contribution >= 0.6 is 0 Å². The predicted octanol–water partition coefficient (Wildman–Crippen LogP) is 3.67. The van der Waals surface area contributed by atoms with E-state index in [1.807, 2.05) is 12.1 Å². The first-order valence-corrected chi connectivity index (χ1v) is 9.42. The van der Waals surface area contributed by atoms with Crippen LogP contribution in [0.4, 0.5) is 16.0 Å². The number of para-hydroxylation sites is 1. The molecule has 3 aromatic rings. The Hall–Kier alpha value is -3.28.